The van der Waals surface area contributed by atoms with E-state index in [0.717, 1.165) is 5.56 Å². The van der Waals surface area contributed by atoms with Gasteiger partial charge in [0.15, 0.2) is 0 Å². The quantitative estimate of drug-likeness (QED) is 0.169. The Labute approximate surface area is 304 Å². The van der Waals surface area contributed by atoms with E-state index in [1.807, 2.05) is 6.92 Å². The number of nitrogens with zero attached hydrogens (tertiary/aromatic N) is 9. The van der Waals surface area contributed by atoms with Gasteiger partial charge in [-0.05, 0) is 101 Å². The Morgan fingerprint density at radius 2 is 0.906 bits per heavy atom. The Hall–Kier alpha value is -8.65. The third-order valence-corrected chi connectivity index (χ3v) is 9.00. The van der Waals surface area contributed by atoms with Crippen LogP contribution in [-0.2, 0) is 0 Å². The molecular weight excluding hydrogens is 655 g/mol. The molecule has 2 aromatic heterocycles. The SMILES string of the molecule is Cc1cc(C#N)cc(/C(C#N)=C2\C(c3ccccn3)=C(C#N)c3cc4c(cc32)/C(=C(\C#N)c2cc(C#N)cc(C#N)c2)C(c2ccccn2)=C4C#N)c1. The third-order valence-electron chi connectivity index (χ3n) is 9.00. The molecular formula is C44H19N9. The Bertz CT molecular complexity index is 2860. The first-order chi connectivity index (χ1) is 25.9. The summed E-state index contributed by atoms with van der Waals surface area (Å²) in [5.41, 5.74) is 7.09. The standard InChI is InChI=1S/C44H19N9/c1-25-10-26(18-45)13-29(11-25)35(21-48)41-33-17-34-32(16-31(33)37(23-50)43(41)39-6-2-4-8-52-39)38(24-51)44(40-7-3-5-9-53-40)42(34)36(22-49)30-14-27(19-46)12-28(15-30)20-47/h2-17H,1H3/b41-35-,42-36-. The van der Waals surface area contributed by atoms with Crippen molar-refractivity contribution in [3.63, 3.8) is 0 Å². The van der Waals surface area contributed by atoms with Crippen molar-refractivity contribution in [2.75, 3.05) is 0 Å². The van der Waals surface area contributed by atoms with Crippen LogP contribution >= 0.6 is 0 Å². The summed E-state index contributed by atoms with van der Waals surface area (Å²) >= 11 is 0. The number of allylic oxidation sites excluding steroid dienone is 8. The molecule has 0 bridgehead atoms. The van der Waals surface area contributed by atoms with Crippen molar-refractivity contribution in [1.82, 2.24) is 9.97 Å². The van der Waals surface area contributed by atoms with Crippen LogP contribution in [0.1, 0.15) is 67.0 Å². The second-order valence-electron chi connectivity index (χ2n) is 12.0. The second kappa shape index (κ2) is 13.3. The molecule has 7 rings (SSSR count). The molecule has 0 spiro atoms. The topological polar surface area (TPSA) is 192 Å². The molecule has 0 saturated carbocycles. The largest absolute Gasteiger partial charge is 0.256 e. The van der Waals surface area contributed by atoms with Crippen molar-refractivity contribution >= 4 is 44.6 Å². The molecule has 9 heteroatoms. The highest BCUT2D eigenvalue weighted by molar-refractivity contribution is 6.34. The summed E-state index contributed by atoms with van der Waals surface area (Å²) in [4.78, 5) is 9.11. The highest BCUT2D eigenvalue weighted by atomic mass is 14.7. The minimum atomic E-state index is 0.0884. The lowest BCUT2D eigenvalue weighted by molar-refractivity contribution is 1.28. The molecule has 240 valence electrons. The van der Waals surface area contributed by atoms with Gasteiger partial charge in [-0.15, -0.1) is 0 Å². The fraction of sp³-hybridized carbons (Fsp3) is 0.0227. The maximum atomic E-state index is 10.9. The summed E-state index contributed by atoms with van der Waals surface area (Å²) in [7, 11) is 0. The van der Waals surface area contributed by atoms with Crippen molar-refractivity contribution in [1.29, 1.82) is 36.8 Å². The van der Waals surface area contributed by atoms with Gasteiger partial charge < -0.3 is 0 Å². The van der Waals surface area contributed by atoms with Gasteiger partial charge in [0.2, 0.25) is 0 Å². The average Bonchev–Trinajstić information content (AvgIpc) is 3.69. The highest BCUT2D eigenvalue weighted by Crippen LogP contribution is 2.55. The van der Waals surface area contributed by atoms with Crippen LogP contribution in [0, 0.1) is 86.2 Å². The molecule has 0 atom stereocenters. The number of rotatable bonds is 4. The van der Waals surface area contributed by atoms with Crippen molar-refractivity contribution < 1.29 is 0 Å². The molecule has 0 N–H and O–H groups in total. The van der Waals surface area contributed by atoms with E-state index < -0.39 is 0 Å². The van der Waals surface area contributed by atoms with E-state index in [9.17, 15) is 36.8 Å². The molecule has 3 aromatic carbocycles. The van der Waals surface area contributed by atoms with Crippen molar-refractivity contribution in [3.8, 4) is 42.5 Å². The van der Waals surface area contributed by atoms with E-state index in [1.165, 1.54) is 18.2 Å². The van der Waals surface area contributed by atoms with Gasteiger partial charge in [0.1, 0.15) is 24.3 Å². The van der Waals surface area contributed by atoms with Gasteiger partial charge in [-0.3, -0.25) is 9.97 Å². The number of nitriles is 7. The lowest BCUT2D eigenvalue weighted by Crippen LogP contribution is -1.98. The number of aromatic nitrogens is 2. The molecule has 2 aliphatic carbocycles. The maximum absolute atomic E-state index is 10.9. The Kier molecular flexibility index (Phi) is 8.27. The van der Waals surface area contributed by atoms with Crippen LogP contribution in [0.3, 0.4) is 0 Å². The van der Waals surface area contributed by atoms with E-state index >= 15 is 0 Å². The summed E-state index contributed by atoms with van der Waals surface area (Å²) in [6.07, 6.45) is 3.16. The normalized spacial score (nSPS) is 14.3. The van der Waals surface area contributed by atoms with E-state index in [-0.39, 0.29) is 33.4 Å². The number of aryl methyl sites for hydroxylation is 1. The monoisotopic (exact) mass is 673 g/mol. The zero-order chi connectivity index (χ0) is 37.2. The zero-order valence-electron chi connectivity index (χ0n) is 27.8. The van der Waals surface area contributed by atoms with Gasteiger partial charge in [0, 0.05) is 45.8 Å². The predicted octanol–water partition coefficient (Wildman–Crippen LogP) is 8.16. The van der Waals surface area contributed by atoms with Crippen LogP contribution in [0.4, 0.5) is 0 Å². The number of hydrogen-bond donors (Lipinski definition) is 0. The third kappa shape index (κ3) is 5.38. The lowest BCUT2D eigenvalue weighted by atomic mass is 9.86. The predicted molar refractivity (Wildman–Crippen MR) is 196 cm³/mol. The van der Waals surface area contributed by atoms with Gasteiger partial charge in [-0.25, -0.2) is 0 Å². The fourth-order valence-corrected chi connectivity index (χ4v) is 6.92. The zero-order valence-corrected chi connectivity index (χ0v) is 27.8. The van der Waals surface area contributed by atoms with Crippen LogP contribution in [0.15, 0.2) is 97.3 Å². The molecule has 2 aliphatic rings. The average molecular weight is 674 g/mol. The maximum Gasteiger partial charge on any atom is 0.101 e. The fourth-order valence-electron chi connectivity index (χ4n) is 6.92. The molecule has 0 aliphatic heterocycles. The van der Waals surface area contributed by atoms with Crippen molar-refractivity contribution in [3.05, 3.63) is 164 Å². The molecule has 0 amide bonds. The molecule has 9 nitrogen and oxygen atoms in total. The lowest BCUT2D eigenvalue weighted by Gasteiger charge is -2.15. The van der Waals surface area contributed by atoms with Gasteiger partial charge in [0.25, 0.3) is 0 Å². The van der Waals surface area contributed by atoms with E-state index in [0.29, 0.717) is 72.6 Å². The van der Waals surface area contributed by atoms with Crippen LogP contribution in [0.25, 0.3) is 44.6 Å². The second-order valence-corrected chi connectivity index (χ2v) is 12.0. The molecule has 2 heterocycles. The first-order valence-electron chi connectivity index (χ1n) is 16.0. The summed E-state index contributed by atoms with van der Waals surface area (Å²) in [6.45, 7) is 1.82. The Morgan fingerprint density at radius 1 is 0.472 bits per heavy atom. The Morgan fingerprint density at radius 3 is 1.30 bits per heavy atom. The Balaban J connectivity index is 1.66. The summed E-state index contributed by atoms with van der Waals surface area (Å²) < 4.78 is 0. The van der Waals surface area contributed by atoms with Crippen LogP contribution in [-0.4, -0.2) is 9.97 Å². The number of benzene rings is 3. The van der Waals surface area contributed by atoms with Crippen molar-refractivity contribution in [2.24, 2.45) is 0 Å². The van der Waals surface area contributed by atoms with E-state index in [2.05, 4.69) is 52.5 Å². The highest BCUT2D eigenvalue weighted by Gasteiger charge is 2.38. The van der Waals surface area contributed by atoms with Gasteiger partial charge >= 0.3 is 0 Å². The van der Waals surface area contributed by atoms with Crippen LogP contribution in [0.5, 0.6) is 0 Å². The van der Waals surface area contributed by atoms with E-state index in [1.54, 1.807) is 79.1 Å². The summed E-state index contributed by atoms with van der Waals surface area (Å²) in [6, 6.07) is 39.1. The minimum absolute atomic E-state index is 0.0884. The molecule has 0 radical (unpaired) electrons. The number of hydrogen-bond acceptors (Lipinski definition) is 9. The smallest absolute Gasteiger partial charge is 0.101 e. The summed E-state index contributed by atoms with van der Waals surface area (Å²) in [5, 5.41) is 72.6. The molecule has 0 fully saturated rings. The van der Waals surface area contributed by atoms with Crippen LogP contribution < -0.4 is 0 Å². The molecule has 5 aromatic rings. The molecule has 0 saturated heterocycles. The summed E-state index contributed by atoms with van der Waals surface area (Å²) in [5.74, 6) is 0. The van der Waals surface area contributed by atoms with Gasteiger partial charge in [-0.1, -0.05) is 18.2 Å². The first-order valence-corrected chi connectivity index (χ1v) is 16.0. The number of pyridine rings is 2. The van der Waals surface area contributed by atoms with Crippen molar-refractivity contribution in [2.45, 2.75) is 6.92 Å². The first kappa shape index (κ1) is 32.9. The van der Waals surface area contributed by atoms with Crippen LogP contribution in [0.2, 0.25) is 0 Å². The molecule has 53 heavy (non-hydrogen) atoms. The van der Waals surface area contributed by atoms with Gasteiger partial charge in [-0.2, -0.15) is 36.8 Å². The van der Waals surface area contributed by atoms with Gasteiger partial charge in [0.05, 0.1) is 68.6 Å². The number of fused-ring (bicyclic) bond motifs is 2. The van der Waals surface area contributed by atoms with E-state index in [4.69, 9.17) is 0 Å². The molecule has 0 unspecified atom stereocenters. The minimum Gasteiger partial charge on any atom is -0.256 e.